The Morgan fingerprint density at radius 1 is 1.17 bits per heavy atom. The molecule has 0 radical (unpaired) electrons. The third-order valence-electron chi connectivity index (χ3n) is 3.22. The molecule has 132 valence electrons. The summed E-state index contributed by atoms with van der Waals surface area (Å²) in [6, 6.07) is 12.0. The molecule has 0 fully saturated rings. The monoisotopic (exact) mass is 461 g/mol. The molecule has 0 aliphatic rings. The number of nitrogens with one attached hydrogen (secondary N) is 2. The summed E-state index contributed by atoms with van der Waals surface area (Å²) in [5.41, 5.74) is 1.05. The molecule has 0 spiro atoms. The predicted molar refractivity (Wildman–Crippen MR) is 111 cm³/mol. The minimum absolute atomic E-state index is 0. The number of nitrogens with zero attached hydrogens (tertiary/aromatic N) is 1. The SMILES string of the molecule is CN=C(NCCOCc1ccccc1OC)NCc1cccs1.I. The molecule has 0 atom stereocenters. The van der Waals surface area contributed by atoms with E-state index in [0.717, 1.165) is 23.8 Å². The second kappa shape index (κ2) is 12.1. The zero-order valence-corrected chi connectivity index (χ0v) is 17.1. The molecule has 0 bridgehead atoms. The molecule has 1 aromatic heterocycles. The molecule has 2 N–H and O–H groups in total. The average molecular weight is 461 g/mol. The van der Waals surface area contributed by atoms with E-state index < -0.39 is 0 Å². The molecule has 0 aliphatic carbocycles. The number of rotatable bonds is 8. The number of para-hydroxylation sites is 1. The van der Waals surface area contributed by atoms with E-state index in [4.69, 9.17) is 9.47 Å². The van der Waals surface area contributed by atoms with Gasteiger partial charge in [-0.25, -0.2) is 0 Å². The van der Waals surface area contributed by atoms with E-state index in [9.17, 15) is 0 Å². The quantitative estimate of drug-likeness (QED) is 0.274. The highest BCUT2D eigenvalue weighted by Crippen LogP contribution is 2.17. The van der Waals surface area contributed by atoms with Crippen molar-refractivity contribution in [2.24, 2.45) is 4.99 Å². The van der Waals surface area contributed by atoms with Gasteiger partial charge in [-0.05, 0) is 17.5 Å². The molecule has 0 unspecified atom stereocenters. The fraction of sp³-hybridized carbons (Fsp3) is 0.353. The van der Waals surface area contributed by atoms with Gasteiger partial charge in [-0.2, -0.15) is 0 Å². The summed E-state index contributed by atoms with van der Waals surface area (Å²) in [5.74, 6) is 1.63. The normalized spacial score (nSPS) is 10.8. The van der Waals surface area contributed by atoms with Crippen LogP contribution in [0.4, 0.5) is 0 Å². The van der Waals surface area contributed by atoms with Gasteiger partial charge in [0.2, 0.25) is 0 Å². The Kier molecular flexibility index (Phi) is 10.4. The van der Waals surface area contributed by atoms with Crippen molar-refractivity contribution in [3.8, 4) is 5.75 Å². The van der Waals surface area contributed by atoms with Crippen LogP contribution in [0.1, 0.15) is 10.4 Å². The van der Waals surface area contributed by atoms with Crippen molar-refractivity contribution in [3.05, 3.63) is 52.2 Å². The summed E-state index contributed by atoms with van der Waals surface area (Å²) in [6.45, 7) is 2.60. The van der Waals surface area contributed by atoms with Crippen LogP contribution in [0.25, 0.3) is 0 Å². The number of benzene rings is 1. The molecule has 7 heteroatoms. The highest BCUT2D eigenvalue weighted by molar-refractivity contribution is 14.0. The minimum Gasteiger partial charge on any atom is -0.496 e. The van der Waals surface area contributed by atoms with Crippen molar-refractivity contribution in [2.45, 2.75) is 13.2 Å². The molecule has 0 amide bonds. The molecule has 0 saturated carbocycles. The van der Waals surface area contributed by atoms with Crippen molar-refractivity contribution < 1.29 is 9.47 Å². The first kappa shape index (κ1) is 20.7. The maximum Gasteiger partial charge on any atom is 0.191 e. The summed E-state index contributed by atoms with van der Waals surface area (Å²) < 4.78 is 11.0. The number of guanidine groups is 1. The van der Waals surface area contributed by atoms with Crippen LogP contribution in [0, 0.1) is 0 Å². The predicted octanol–water partition coefficient (Wildman–Crippen LogP) is 3.26. The second-order valence-corrected chi connectivity index (χ2v) is 5.83. The summed E-state index contributed by atoms with van der Waals surface area (Å²) >= 11 is 1.73. The van der Waals surface area contributed by atoms with Crippen LogP contribution >= 0.6 is 35.3 Å². The Balaban J connectivity index is 0.00000288. The number of thiophene rings is 1. The zero-order valence-electron chi connectivity index (χ0n) is 14.0. The van der Waals surface area contributed by atoms with Crippen LogP contribution < -0.4 is 15.4 Å². The van der Waals surface area contributed by atoms with Gasteiger partial charge in [-0.1, -0.05) is 24.3 Å². The summed E-state index contributed by atoms with van der Waals surface area (Å²) in [5, 5.41) is 8.57. The molecule has 0 aliphatic heterocycles. The Labute approximate surface area is 164 Å². The average Bonchev–Trinajstić information content (AvgIpc) is 3.11. The lowest BCUT2D eigenvalue weighted by molar-refractivity contribution is 0.123. The maximum absolute atomic E-state index is 5.68. The fourth-order valence-electron chi connectivity index (χ4n) is 2.05. The molecule has 24 heavy (non-hydrogen) atoms. The van der Waals surface area contributed by atoms with Gasteiger partial charge < -0.3 is 20.1 Å². The van der Waals surface area contributed by atoms with Gasteiger partial charge in [0.25, 0.3) is 0 Å². The molecule has 1 heterocycles. The van der Waals surface area contributed by atoms with Crippen LogP contribution in [0.5, 0.6) is 5.75 Å². The Bertz CT molecular complexity index is 606. The lowest BCUT2D eigenvalue weighted by Crippen LogP contribution is -2.38. The van der Waals surface area contributed by atoms with Crippen molar-refractivity contribution in [1.29, 1.82) is 0 Å². The van der Waals surface area contributed by atoms with Gasteiger partial charge in [0.15, 0.2) is 5.96 Å². The topological polar surface area (TPSA) is 54.9 Å². The van der Waals surface area contributed by atoms with Gasteiger partial charge in [-0.3, -0.25) is 4.99 Å². The van der Waals surface area contributed by atoms with Gasteiger partial charge in [0.1, 0.15) is 5.75 Å². The summed E-state index contributed by atoms with van der Waals surface area (Å²) in [6.07, 6.45) is 0. The molecular weight excluding hydrogens is 437 g/mol. The second-order valence-electron chi connectivity index (χ2n) is 4.80. The Hall–Kier alpha value is -1.32. The molecule has 5 nitrogen and oxygen atoms in total. The fourth-order valence-corrected chi connectivity index (χ4v) is 2.70. The lowest BCUT2D eigenvalue weighted by atomic mass is 10.2. The summed E-state index contributed by atoms with van der Waals surface area (Å²) in [4.78, 5) is 5.47. The van der Waals surface area contributed by atoms with Gasteiger partial charge in [0, 0.05) is 24.0 Å². The number of ether oxygens (including phenoxy) is 2. The van der Waals surface area contributed by atoms with E-state index in [-0.39, 0.29) is 24.0 Å². The number of methoxy groups -OCH3 is 1. The number of aliphatic imine (C=N–C) groups is 1. The maximum atomic E-state index is 5.68. The van der Waals surface area contributed by atoms with Crippen LogP contribution in [0.2, 0.25) is 0 Å². The molecule has 2 aromatic rings. The Morgan fingerprint density at radius 3 is 2.71 bits per heavy atom. The first-order valence-electron chi connectivity index (χ1n) is 7.50. The van der Waals surface area contributed by atoms with Crippen LogP contribution in [-0.4, -0.2) is 33.3 Å². The van der Waals surface area contributed by atoms with E-state index in [1.165, 1.54) is 4.88 Å². The molecular formula is C17H24IN3O2S. The molecule has 1 aromatic carbocycles. The highest BCUT2D eigenvalue weighted by atomic mass is 127. The van der Waals surface area contributed by atoms with Gasteiger partial charge in [-0.15, -0.1) is 35.3 Å². The highest BCUT2D eigenvalue weighted by Gasteiger charge is 2.02. The lowest BCUT2D eigenvalue weighted by Gasteiger charge is -2.12. The molecule has 2 rings (SSSR count). The van der Waals surface area contributed by atoms with Gasteiger partial charge >= 0.3 is 0 Å². The number of hydrogen-bond donors (Lipinski definition) is 2. The van der Waals surface area contributed by atoms with Gasteiger partial charge in [0.05, 0.1) is 26.9 Å². The standard InChI is InChI=1S/C17H23N3O2S.HI/c1-18-17(20-12-15-7-5-11-23-15)19-9-10-22-13-14-6-3-4-8-16(14)21-2;/h3-8,11H,9-10,12-13H2,1-2H3,(H2,18,19,20);1H. The van der Waals surface area contributed by atoms with Crippen LogP contribution in [-0.2, 0) is 17.9 Å². The van der Waals surface area contributed by atoms with Crippen LogP contribution in [0.15, 0.2) is 46.8 Å². The molecule has 0 saturated heterocycles. The van der Waals surface area contributed by atoms with E-state index in [0.29, 0.717) is 19.8 Å². The van der Waals surface area contributed by atoms with Crippen molar-refractivity contribution >= 4 is 41.3 Å². The number of hydrogen-bond acceptors (Lipinski definition) is 4. The third-order valence-corrected chi connectivity index (χ3v) is 4.10. The van der Waals surface area contributed by atoms with E-state index in [1.807, 2.05) is 30.3 Å². The van der Waals surface area contributed by atoms with E-state index >= 15 is 0 Å². The first-order chi connectivity index (χ1) is 11.3. The van der Waals surface area contributed by atoms with E-state index in [1.54, 1.807) is 25.5 Å². The van der Waals surface area contributed by atoms with Crippen molar-refractivity contribution in [3.63, 3.8) is 0 Å². The van der Waals surface area contributed by atoms with Crippen molar-refractivity contribution in [2.75, 3.05) is 27.3 Å². The van der Waals surface area contributed by atoms with E-state index in [2.05, 4.69) is 27.1 Å². The number of halogens is 1. The smallest absolute Gasteiger partial charge is 0.191 e. The first-order valence-corrected chi connectivity index (χ1v) is 8.38. The third kappa shape index (κ3) is 7.06. The Morgan fingerprint density at radius 2 is 2.00 bits per heavy atom. The van der Waals surface area contributed by atoms with Crippen molar-refractivity contribution in [1.82, 2.24) is 10.6 Å². The summed E-state index contributed by atoms with van der Waals surface area (Å²) in [7, 11) is 3.43. The minimum atomic E-state index is 0. The zero-order chi connectivity index (χ0) is 16.3. The van der Waals surface area contributed by atoms with Crippen LogP contribution in [0.3, 0.4) is 0 Å². The largest absolute Gasteiger partial charge is 0.496 e.